The Morgan fingerprint density at radius 3 is 2.47 bits per heavy atom. The second kappa shape index (κ2) is 3.34. The lowest BCUT2D eigenvalue weighted by atomic mass is 9.86. The van der Waals surface area contributed by atoms with Crippen molar-refractivity contribution in [2.75, 3.05) is 0 Å². The van der Waals surface area contributed by atoms with Crippen LogP contribution in [0.2, 0.25) is 0 Å². The van der Waals surface area contributed by atoms with Gasteiger partial charge in [0.05, 0.1) is 0 Å². The van der Waals surface area contributed by atoms with E-state index in [0.717, 1.165) is 0 Å². The van der Waals surface area contributed by atoms with Crippen LogP contribution in [0.15, 0.2) is 36.5 Å². The molecule has 0 spiro atoms. The van der Waals surface area contributed by atoms with Crippen LogP contribution in [-0.4, -0.2) is 0 Å². The lowest BCUT2D eigenvalue weighted by Gasteiger charge is -2.18. The van der Waals surface area contributed by atoms with E-state index in [1.807, 2.05) is 0 Å². The summed E-state index contributed by atoms with van der Waals surface area (Å²) in [4.78, 5) is 0. The predicted octanol–water partition coefficient (Wildman–Crippen LogP) is 2.96. The molecule has 1 aromatic carbocycles. The highest BCUT2D eigenvalue weighted by atomic mass is 14.9. The van der Waals surface area contributed by atoms with Gasteiger partial charge in [0.1, 0.15) is 7.05 Å². The van der Waals surface area contributed by atoms with Crippen LogP contribution in [0.4, 0.5) is 0 Å². The molecule has 0 bridgehead atoms. The zero-order valence-corrected chi connectivity index (χ0v) is 9.91. The Morgan fingerprint density at radius 1 is 1.07 bits per heavy atom. The van der Waals surface area contributed by atoms with Gasteiger partial charge < -0.3 is 0 Å². The van der Waals surface area contributed by atoms with E-state index < -0.39 is 0 Å². The maximum Gasteiger partial charge on any atom is 0.212 e. The summed E-state index contributed by atoms with van der Waals surface area (Å²) < 4.78 is 2.17. The first-order valence-corrected chi connectivity index (χ1v) is 5.37. The molecule has 1 heteroatoms. The molecule has 15 heavy (non-hydrogen) atoms. The standard InChI is InChI=1S/C14H18N/c1-14(2,3)12-8-7-11-6-5-9-15(4)13(11)10-12/h5-10H,1-4H3/q+1. The number of pyridine rings is 1. The summed E-state index contributed by atoms with van der Waals surface area (Å²) in [5.41, 5.74) is 2.90. The van der Waals surface area contributed by atoms with E-state index in [9.17, 15) is 0 Å². The quantitative estimate of drug-likeness (QED) is 0.576. The van der Waals surface area contributed by atoms with Gasteiger partial charge in [-0.2, -0.15) is 0 Å². The molecule has 0 atom stereocenters. The second-order valence-electron chi connectivity index (χ2n) is 5.14. The molecule has 0 radical (unpaired) electrons. The van der Waals surface area contributed by atoms with E-state index in [1.165, 1.54) is 16.5 Å². The molecule has 0 aliphatic rings. The summed E-state index contributed by atoms with van der Waals surface area (Å²) in [6, 6.07) is 11.0. The molecule has 0 fully saturated rings. The predicted molar refractivity (Wildman–Crippen MR) is 63.8 cm³/mol. The zero-order chi connectivity index (χ0) is 11.1. The average Bonchev–Trinajstić information content (AvgIpc) is 2.16. The minimum Gasteiger partial charge on any atom is -0.201 e. The number of aryl methyl sites for hydroxylation is 1. The fourth-order valence-corrected chi connectivity index (χ4v) is 1.81. The summed E-state index contributed by atoms with van der Waals surface area (Å²) in [5.74, 6) is 0. The van der Waals surface area contributed by atoms with Gasteiger partial charge in [-0.15, -0.1) is 0 Å². The topological polar surface area (TPSA) is 3.88 Å². The Hall–Kier alpha value is -1.37. The highest BCUT2D eigenvalue weighted by Gasteiger charge is 2.15. The van der Waals surface area contributed by atoms with Gasteiger partial charge in [0.25, 0.3) is 0 Å². The molecule has 1 nitrogen and oxygen atoms in total. The summed E-state index contributed by atoms with van der Waals surface area (Å²) in [6.45, 7) is 6.74. The van der Waals surface area contributed by atoms with E-state index in [0.29, 0.717) is 0 Å². The first-order chi connectivity index (χ1) is 6.98. The zero-order valence-electron chi connectivity index (χ0n) is 9.91. The SMILES string of the molecule is C[n+]1cccc2ccc(C(C)(C)C)cc21. The molecule has 0 unspecified atom stereocenters. The van der Waals surface area contributed by atoms with Crippen molar-refractivity contribution in [2.45, 2.75) is 26.2 Å². The Bertz CT molecular complexity index is 492. The van der Waals surface area contributed by atoms with Crippen LogP contribution in [0.3, 0.4) is 0 Å². The van der Waals surface area contributed by atoms with E-state index in [-0.39, 0.29) is 5.41 Å². The van der Waals surface area contributed by atoms with Crippen LogP contribution in [0.5, 0.6) is 0 Å². The lowest BCUT2D eigenvalue weighted by Crippen LogP contribution is -2.28. The smallest absolute Gasteiger partial charge is 0.201 e. The average molecular weight is 200 g/mol. The van der Waals surface area contributed by atoms with Gasteiger partial charge >= 0.3 is 0 Å². The molecule has 0 N–H and O–H groups in total. The normalized spacial score (nSPS) is 12.0. The van der Waals surface area contributed by atoms with Gasteiger partial charge in [0.15, 0.2) is 6.20 Å². The van der Waals surface area contributed by atoms with Crippen molar-refractivity contribution in [3.8, 4) is 0 Å². The van der Waals surface area contributed by atoms with Gasteiger partial charge in [-0.25, -0.2) is 4.57 Å². The summed E-state index contributed by atoms with van der Waals surface area (Å²) in [5, 5.41) is 1.30. The molecule has 0 aliphatic carbocycles. The first kappa shape index (κ1) is 10.2. The molecule has 0 aliphatic heterocycles. The van der Waals surface area contributed by atoms with E-state index in [1.54, 1.807) is 0 Å². The molecular weight excluding hydrogens is 182 g/mol. The van der Waals surface area contributed by atoms with Crippen LogP contribution in [0.25, 0.3) is 10.9 Å². The van der Waals surface area contributed by atoms with Gasteiger partial charge in [-0.1, -0.05) is 26.8 Å². The van der Waals surface area contributed by atoms with Gasteiger partial charge in [0.2, 0.25) is 5.52 Å². The fourth-order valence-electron chi connectivity index (χ4n) is 1.81. The third-order valence-corrected chi connectivity index (χ3v) is 2.86. The van der Waals surface area contributed by atoms with Crippen molar-refractivity contribution in [1.82, 2.24) is 0 Å². The molecule has 0 saturated carbocycles. The highest BCUT2D eigenvalue weighted by Crippen LogP contribution is 2.24. The van der Waals surface area contributed by atoms with Crippen LogP contribution < -0.4 is 4.57 Å². The summed E-state index contributed by atoms with van der Waals surface area (Å²) in [6.07, 6.45) is 2.09. The first-order valence-electron chi connectivity index (χ1n) is 5.37. The minimum absolute atomic E-state index is 0.219. The van der Waals surface area contributed by atoms with Crippen LogP contribution >= 0.6 is 0 Å². The summed E-state index contributed by atoms with van der Waals surface area (Å²) >= 11 is 0. The van der Waals surface area contributed by atoms with Crippen molar-refractivity contribution in [2.24, 2.45) is 7.05 Å². The maximum atomic E-state index is 2.29. The van der Waals surface area contributed by atoms with Gasteiger partial charge in [0, 0.05) is 17.5 Å². The van der Waals surface area contributed by atoms with Crippen LogP contribution in [0.1, 0.15) is 26.3 Å². The number of benzene rings is 1. The van der Waals surface area contributed by atoms with E-state index in [2.05, 4.69) is 68.9 Å². The van der Waals surface area contributed by atoms with Crippen molar-refractivity contribution < 1.29 is 4.57 Å². The van der Waals surface area contributed by atoms with Crippen LogP contribution in [0, 0.1) is 0 Å². The van der Waals surface area contributed by atoms with Gasteiger partial charge in [-0.05, 0) is 23.1 Å². The Balaban J connectivity index is 2.70. The highest BCUT2D eigenvalue weighted by molar-refractivity contribution is 5.76. The maximum absolute atomic E-state index is 2.29. The molecule has 2 aromatic rings. The lowest BCUT2D eigenvalue weighted by molar-refractivity contribution is -0.644. The van der Waals surface area contributed by atoms with Crippen molar-refractivity contribution >= 4 is 10.9 Å². The van der Waals surface area contributed by atoms with E-state index >= 15 is 0 Å². The Labute approximate surface area is 91.4 Å². The van der Waals surface area contributed by atoms with Crippen LogP contribution in [-0.2, 0) is 12.5 Å². The molecule has 0 saturated heterocycles. The Morgan fingerprint density at radius 2 is 1.80 bits per heavy atom. The van der Waals surface area contributed by atoms with Gasteiger partial charge in [-0.3, -0.25) is 0 Å². The molecule has 1 heterocycles. The molecule has 0 amide bonds. The fraction of sp³-hybridized carbons (Fsp3) is 0.357. The number of fused-ring (bicyclic) bond motifs is 1. The number of hydrogen-bond donors (Lipinski definition) is 0. The monoisotopic (exact) mass is 200 g/mol. The largest absolute Gasteiger partial charge is 0.212 e. The summed E-state index contributed by atoms with van der Waals surface area (Å²) in [7, 11) is 2.09. The third kappa shape index (κ3) is 1.87. The molecule has 2 rings (SSSR count). The number of aromatic nitrogens is 1. The third-order valence-electron chi connectivity index (χ3n) is 2.86. The van der Waals surface area contributed by atoms with E-state index in [4.69, 9.17) is 0 Å². The van der Waals surface area contributed by atoms with Crippen molar-refractivity contribution in [3.05, 3.63) is 42.1 Å². The van der Waals surface area contributed by atoms with Crippen molar-refractivity contribution in [1.29, 1.82) is 0 Å². The number of nitrogens with zero attached hydrogens (tertiary/aromatic N) is 1. The second-order valence-corrected chi connectivity index (χ2v) is 5.14. The van der Waals surface area contributed by atoms with Crippen molar-refractivity contribution in [3.63, 3.8) is 0 Å². The molecular formula is C14H18N+. The number of hydrogen-bond acceptors (Lipinski definition) is 0. The number of rotatable bonds is 0. The minimum atomic E-state index is 0.219. The Kier molecular flexibility index (Phi) is 2.26. The molecule has 1 aromatic heterocycles. The molecule has 78 valence electrons.